The molecular formula is C12H11ClN2O2. The van der Waals surface area contributed by atoms with Crippen molar-refractivity contribution >= 4 is 28.5 Å². The molecule has 1 aromatic heterocycles. The first kappa shape index (κ1) is 10.6. The van der Waals surface area contributed by atoms with Crippen molar-refractivity contribution in [3.8, 4) is 0 Å². The van der Waals surface area contributed by atoms with Crippen LogP contribution in [0.4, 0.5) is 0 Å². The van der Waals surface area contributed by atoms with E-state index in [2.05, 4.69) is 5.10 Å². The minimum Gasteiger partial charge on any atom is -0.481 e. The topological polar surface area (TPSA) is 55.1 Å². The number of halogens is 1. The summed E-state index contributed by atoms with van der Waals surface area (Å²) >= 11 is 6.02. The van der Waals surface area contributed by atoms with Crippen molar-refractivity contribution in [2.75, 3.05) is 0 Å². The molecule has 0 aliphatic heterocycles. The number of carboxylic acid groups (broad SMARTS) is 1. The van der Waals surface area contributed by atoms with Crippen LogP contribution in [0, 0.1) is 0 Å². The zero-order valence-corrected chi connectivity index (χ0v) is 10.0. The van der Waals surface area contributed by atoms with Crippen LogP contribution in [0.3, 0.4) is 0 Å². The molecule has 1 aliphatic rings. The SMILES string of the molecule is Cn1nc(Cl)c2cc(C3(C(=O)O)CC3)ccc21. The highest BCUT2D eigenvalue weighted by Gasteiger charge is 2.51. The van der Waals surface area contributed by atoms with E-state index in [1.165, 1.54) is 0 Å². The smallest absolute Gasteiger partial charge is 0.314 e. The van der Waals surface area contributed by atoms with Crippen molar-refractivity contribution in [1.29, 1.82) is 0 Å². The molecule has 0 saturated heterocycles. The first-order valence-electron chi connectivity index (χ1n) is 5.41. The van der Waals surface area contributed by atoms with Gasteiger partial charge >= 0.3 is 5.97 Å². The Bertz CT molecular complexity index is 629. The molecule has 1 fully saturated rings. The highest BCUT2D eigenvalue weighted by molar-refractivity contribution is 6.34. The van der Waals surface area contributed by atoms with Gasteiger partial charge in [-0.3, -0.25) is 9.48 Å². The first-order valence-corrected chi connectivity index (χ1v) is 5.78. The van der Waals surface area contributed by atoms with Gasteiger partial charge in [-0.1, -0.05) is 17.7 Å². The number of aryl methyl sites for hydroxylation is 1. The molecule has 0 atom stereocenters. The molecule has 1 aromatic carbocycles. The van der Waals surface area contributed by atoms with Gasteiger partial charge in [0.05, 0.1) is 10.9 Å². The Labute approximate surface area is 103 Å². The second-order valence-corrected chi connectivity index (χ2v) is 4.89. The van der Waals surface area contributed by atoms with Crippen LogP contribution in [0.2, 0.25) is 5.15 Å². The molecule has 0 amide bonds. The molecule has 17 heavy (non-hydrogen) atoms. The van der Waals surface area contributed by atoms with Gasteiger partial charge < -0.3 is 5.11 Å². The molecule has 2 aromatic rings. The molecule has 0 bridgehead atoms. The summed E-state index contributed by atoms with van der Waals surface area (Å²) in [6.07, 6.45) is 1.40. The third-order valence-electron chi connectivity index (χ3n) is 3.52. The minimum absolute atomic E-state index is 0.422. The number of aliphatic carboxylic acids is 1. The zero-order chi connectivity index (χ0) is 12.2. The molecule has 1 heterocycles. The maximum Gasteiger partial charge on any atom is 0.314 e. The van der Waals surface area contributed by atoms with Gasteiger partial charge in [-0.05, 0) is 30.5 Å². The van der Waals surface area contributed by atoms with E-state index in [9.17, 15) is 9.90 Å². The van der Waals surface area contributed by atoms with Crippen LogP contribution in [0.5, 0.6) is 0 Å². The summed E-state index contributed by atoms with van der Waals surface area (Å²) in [7, 11) is 1.82. The summed E-state index contributed by atoms with van der Waals surface area (Å²) in [5.74, 6) is -0.753. The number of carbonyl (C=O) groups is 1. The Balaban J connectivity index is 2.21. The Morgan fingerprint density at radius 1 is 1.53 bits per heavy atom. The normalized spacial score (nSPS) is 17.3. The summed E-state index contributed by atoms with van der Waals surface area (Å²) in [4.78, 5) is 11.3. The zero-order valence-electron chi connectivity index (χ0n) is 9.27. The number of rotatable bonds is 2. The highest BCUT2D eigenvalue weighted by Crippen LogP contribution is 2.49. The first-order chi connectivity index (χ1) is 8.04. The van der Waals surface area contributed by atoms with E-state index >= 15 is 0 Å². The molecular weight excluding hydrogens is 240 g/mol. The predicted octanol–water partition coefficient (Wildman–Crippen LogP) is 2.34. The lowest BCUT2D eigenvalue weighted by Gasteiger charge is -2.09. The van der Waals surface area contributed by atoms with Gasteiger partial charge in [-0.2, -0.15) is 5.10 Å². The number of hydrogen-bond acceptors (Lipinski definition) is 2. The van der Waals surface area contributed by atoms with E-state index in [-0.39, 0.29) is 0 Å². The van der Waals surface area contributed by atoms with Gasteiger partial charge in [0.2, 0.25) is 0 Å². The minimum atomic E-state index is -0.753. The third kappa shape index (κ3) is 1.37. The summed E-state index contributed by atoms with van der Waals surface area (Å²) < 4.78 is 1.70. The monoisotopic (exact) mass is 250 g/mol. The van der Waals surface area contributed by atoms with E-state index in [1.807, 2.05) is 25.2 Å². The van der Waals surface area contributed by atoms with E-state index < -0.39 is 11.4 Å². The highest BCUT2D eigenvalue weighted by atomic mass is 35.5. The quantitative estimate of drug-likeness (QED) is 0.890. The van der Waals surface area contributed by atoms with E-state index in [4.69, 9.17) is 11.6 Å². The fourth-order valence-electron chi connectivity index (χ4n) is 2.27. The average molecular weight is 251 g/mol. The van der Waals surface area contributed by atoms with Crippen molar-refractivity contribution < 1.29 is 9.90 Å². The lowest BCUT2D eigenvalue weighted by Crippen LogP contribution is -2.19. The summed E-state index contributed by atoms with van der Waals surface area (Å²) in [5.41, 5.74) is 1.06. The molecule has 0 unspecified atom stereocenters. The Kier molecular flexibility index (Phi) is 2.01. The number of benzene rings is 1. The third-order valence-corrected chi connectivity index (χ3v) is 3.80. The van der Waals surface area contributed by atoms with E-state index in [0.717, 1.165) is 16.5 Å². The second-order valence-electron chi connectivity index (χ2n) is 4.53. The summed E-state index contributed by atoms with van der Waals surface area (Å²) in [6.45, 7) is 0. The average Bonchev–Trinajstić information content (AvgIpc) is 3.04. The molecule has 1 saturated carbocycles. The van der Waals surface area contributed by atoms with Crippen LogP contribution in [-0.4, -0.2) is 20.9 Å². The second kappa shape index (κ2) is 3.23. The predicted molar refractivity (Wildman–Crippen MR) is 64.3 cm³/mol. The maximum atomic E-state index is 11.3. The van der Waals surface area contributed by atoms with Crippen molar-refractivity contribution in [2.24, 2.45) is 7.05 Å². The lowest BCUT2D eigenvalue weighted by molar-refractivity contribution is -0.140. The molecule has 0 radical (unpaired) electrons. The number of carboxylic acids is 1. The standard InChI is InChI=1S/C12H11ClN2O2/c1-15-9-3-2-7(6-8(9)10(13)14-15)12(4-5-12)11(16)17/h2-3,6H,4-5H2,1H3,(H,16,17). The molecule has 1 aliphatic carbocycles. The fraction of sp³-hybridized carbons (Fsp3) is 0.333. The van der Waals surface area contributed by atoms with Crippen molar-refractivity contribution in [3.63, 3.8) is 0 Å². The van der Waals surface area contributed by atoms with Crippen LogP contribution >= 0.6 is 11.6 Å². The molecule has 0 spiro atoms. The van der Waals surface area contributed by atoms with Gasteiger partial charge in [0.1, 0.15) is 0 Å². The number of aromatic nitrogens is 2. The molecule has 4 nitrogen and oxygen atoms in total. The van der Waals surface area contributed by atoms with E-state index in [1.54, 1.807) is 4.68 Å². The van der Waals surface area contributed by atoms with Crippen molar-refractivity contribution in [2.45, 2.75) is 18.3 Å². The molecule has 1 N–H and O–H groups in total. The van der Waals surface area contributed by atoms with Gasteiger partial charge in [-0.25, -0.2) is 0 Å². The Morgan fingerprint density at radius 3 is 2.82 bits per heavy atom. The van der Waals surface area contributed by atoms with Crippen molar-refractivity contribution in [1.82, 2.24) is 9.78 Å². The molecule has 5 heteroatoms. The van der Waals surface area contributed by atoms with Crippen molar-refractivity contribution in [3.05, 3.63) is 28.9 Å². The van der Waals surface area contributed by atoms with Crippen LogP contribution in [0.1, 0.15) is 18.4 Å². The fourth-order valence-corrected chi connectivity index (χ4v) is 2.54. The Morgan fingerprint density at radius 2 is 2.24 bits per heavy atom. The summed E-state index contributed by atoms with van der Waals surface area (Å²) in [6, 6.07) is 5.60. The van der Waals surface area contributed by atoms with Crippen LogP contribution in [0.15, 0.2) is 18.2 Å². The number of fused-ring (bicyclic) bond motifs is 1. The molecule has 88 valence electrons. The van der Waals surface area contributed by atoms with Gasteiger partial charge in [0, 0.05) is 12.4 Å². The van der Waals surface area contributed by atoms with Gasteiger partial charge in [-0.15, -0.1) is 0 Å². The van der Waals surface area contributed by atoms with E-state index in [0.29, 0.717) is 18.0 Å². The van der Waals surface area contributed by atoms with Crippen LogP contribution in [-0.2, 0) is 17.3 Å². The van der Waals surface area contributed by atoms with Gasteiger partial charge in [0.15, 0.2) is 5.15 Å². The van der Waals surface area contributed by atoms with Gasteiger partial charge in [0.25, 0.3) is 0 Å². The number of hydrogen-bond donors (Lipinski definition) is 1. The lowest BCUT2D eigenvalue weighted by atomic mass is 9.95. The number of nitrogens with zero attached hydrogens (tertiary/aromatic N) is 2. The summed E-state index contributed by atoms with van der Waals surface area (Å²) in [5, 5.41) is 14.6. The molecule has 3 rings (SSSR count). The maximum absolute atomic E-state index is 11.3. The van der Waals surface area contributed by atoms with Crippen LogP contribution in [0.25, 0.3) is 10.9 Å². The van der Waals surface area contributed by atoms with Crippen LogP contribution < -0.4 is 0 Å². The Hall–Kier alpha value is -1.55. The largest absolute Gasteiger partial charge is 0.481 e.